The van der Waals surface area contributed by atoms with Crippen LogP contribution in [0.1, 0.15) is 71.1 Å². The Balaban J connectivity index is 1.30. The third kappa shape index (κ3) is 8.87. The molecule has 2 aromatic rings. The van der Waals surface area contributed by atoms with Crippen LogP contribution in [0.15, 0.2) is 28.7 Å². The SMILES string of the molecule is CCCCCCCCCCCCN1CCN(Cn2nc(-c3ccc(OC)cc3)oc2=S)CC1. The van der Waals surface area contributed by atoms with E-state index in [1.807, 2.05) is 24.3 Å². The highest BCUT2D eigenvalue weighted by Gasteiger charge is 2.18. The number of aromatic nitrogens is 2. The molecule has 1 saturated heterocycles. The predicted molar refractivity (Wildman–Crippen MR) is 137 cm³/mol. The van der Waals surface area contributed by atoms with E-state index < -0.39 is 0 Å². The van der Waals surface area contributed by atoms with Crippen LogP contribution in [-0.2, 0) is 6.67 Å². The lowest BCUT2D eigenvalue weighted by Gasteiger charge is -2.34. The van der Waals surface area contributed by atoms with Gasteiger partial charge in [-0.05, 0) is 49.4 Å². The summed E-state index contributed by atoms with van der Waals surface area (Å²) in [6.45, 7) is 8.53. The highest BCUT2D eigenvalue weighted by molar-refractivity contribution is 7.71. The lowest BCUT2D eigenvalue weighted by atomic mass is 10.1. The number of benzene rings is 1. The van der Waals surface area contributed by atoms with Crippen LogP contribution in [-0.4, -0.2) is 59.4 Å². The van der Waals surface area contributed by atoms with Crippen molar-refractivity contribution in [2.24, 2.45) is 0 Å². The van der Waals surface area contributed by atoms with Crippen LogP contribution in [0, 0.1) is 4.84 Å². The number of nitrogens with zero attached hydrogens (tertiary/aromatic N) is 4. The van der Waals surface area contributed by atoms with Crippen molar-refractivity contribution in [2.75, 3.05) is 39.8 Å². The maximum absolute atomic E-state index is 5.74. The van der Waals surface area contributed by atoms with Gasteiger partial charge in [-0.1, -0.05) is 64.7 Å². The molecule has 1 aromatic heterocycles. The molecule has 0 atom stereocenters. The van der Waals surface area contributed by atoms with E-state index in [9.17, 15) is 0 Å². The van der Waals surface area contributed by atoms with Gasteiger partial charge in [0, 0.05) is 31.7 Å². The van der Waals surface area contributed by atoms with E-state index in [1.165, 1.54) is 70.8 Å². The van der Waals surface area contributed by atoms with Crippen molar-refractivity contribution >= 4 is 12.2 Å². The average Bonchev–Trinajstić information content (AvgIpc) is 3.21. The zero-order chi connectivity index (χ0) is 23.3. The lowest BCUT2D eigenvalue weighted by Crippen LogP contribution is -2.47. The van der Waals surface area contributed by atoms with Gasteiger partial charge in [-0.25, -0.2) is 4.68 Å². The van der Waals surface area contributed by atoms with E-state index in [1.54, 1.807) is 11.8 Å². The number of hydrogen-bond donors (Lipinski definition) is 0. The summed E-state index contributed by atoms with van der Waals surface area (Å²) in [6, 6.07) is 7.69. The first kappa shape index (κ1) is 25.9. The summed E-state index contributed by atoms with van der Waals surface area (Å²) in [5.41, 5.74) is 0.905. The zero-order valence-electron chi connectivity index (χ0n) is 20.6. The number of ether oxygens (including phenoxy) is 1. The van der Waals surface area contributed by atoms with Gasteiger partial charge in [0.25, 0.3) is 4.84 Å². The van der Waals surface area contributed by atoms with E-state index in [-0.39, 0.29) is 0 Å². The number of methoxy groups -OCH3 is 1. The lowest BCUT2D eigenvalue weighted by molar-refractivity contribution is 0.100. The molecule has 1 aromatic carbocycles. The molecule has 0 saturated carbocycles. The Morgan fingerprint density at radius 1 is 0.848 bits per heavy atom. The fourth-order valence-corrected chi connectivity index (χ4v) is 4.59. The number of unbranched alkanes of at least 4 members (excludes halogenated alkanes) is 9. The highest BCUT2D eigenvalue weighted by Crippen LogP contribution is 2.21. The third-order valence-electron chi connectivity index (χ3n) is 6.57. The molecule has 3 rings (SSSR count). The minimum absolute atomic E-state index is 0.425. The topological polar surface area (TPSA) is 46.7 Å². The van der Waals surface area contributed by atoms with E-state index in [4.69, 9.17) is 21.4 Å². The van der Waals surface area contributed by atoms with Gasteiger partial charge in [0.2, 0.25) is 5.89 Å². The van der Waals surface area contributed by atoms with Crippen LogP contribution in [0.2, 0.25) is 0 Å². The largest absolute Gasteiger partial charge is 0.497 e. The van der Waals surface area contributed by atoms with Crippen molar-refractivity contribution in [1.29, 1.82) is 0 Å². The number of rotatable bonds is 15. The highest BCUT2D eigenvalue weighted by atomic mass is 32.1. The number of piperazine rings is 1. The summed E-state index contributed by atoms with van der Waals surface area (Å²) in [5.74, 6) is 1.37. The Labute approximate surface area is 204 Å². The molecule has 184 valence electrons. The van der Waals surface area contributed by atoms with Crippen LogP contribution < -0.4 is 4.74 Å². The van der Waals surface area contributed by atoms with Crippen molar-refractivity contribution < 1.29 is 9.15 Å². The van der Waals surface area contributed by atoms with Crippen molar-refractivity contribution in [1.82, 2.24) is 19.6 Å². The Bertz CT molecular complexity index is 841. The normalized spacial score (nSPS) is 15.2. The molecule has 6 nitrogen and oxygen atoms in total. The third-order valence-corrected chi connectivity index (χ3v) is 6.86. The van der Waals surface area contributed by atoms with Crippen LogP contribution in [0.3, 0.4) is 0 Å². The summed E-state index contributed by atoms with van der Waals surface area (Å²) in [4.78, 5) is 5.44. The van der Waals surface area contributed by atoms with E-state index in [2.05, 4.69) is 21.8 Å². The molecule has 0 amide bonds. The van der Waals surface area contributed by atoms with Crippen LogP contribution >= 0.6 is 12.2 Å². The second kappa shape index (κ2) is 14.5. The zero-order valence-corrected chi connectivity index (χ0v) is 21.5. The van der Waals surface area contributed by atoms with Gasteiger partial charge in [0.05, 0.1) is 13.8 Å². The molecule has 0 bridgehead atoms. The standard InChI is InChI=1S/C26H42N4O2S/c1-3-4-5-6-7-8-9-10-11-12-17-28-18-20-29(21-19-28)22-30-26(33)32-25(27-30)23-13-15-24(31-2)16-14-23/h13-16H,3-12,17-22H2,1-2H3. The quantitative estimate of drug-likeness (QED) is 0.221. The summed E-state index contributed by atoms with van der Waals surface area (Å²) in [6.07, 6.45) is 14.0. The van der Waals surface area contributed by atoms with Crippen LogP contribution in [0.5, 0.6) is 5.75 Å². The fraction of sp³-hybridized carbons (Fsp3) is 0.692. The maximum Gasteiger partial charge on any atom is 0.288 e. The molecule has 33 heavy (non-hydrogen) atoms. The van der Waals surface area contributed by atoms with E-state index in [0.717, 1.165) is 37.5 Å². The summed E-state index contributed by atoms with van der Waals surface area (Å²) >= 11 is 5.41. The molecule has 2 heterocycles. The van der Waals surface area contributed by atoms with Crippen LogP contribution in [0.4, 0.5) is 0 Å². The Kier molecular flexibility index (Phi) is 11.4. The molecular weight excluding hydrogens is 432 g/mol. The second-order valence-corrected chi connectivity index (χ2v) is 9.53. The van der Waals surface area contributed by atoms with Crippen molar-refractivity contribution in [2.45, 2.75) is 77.8 Å². The summed E-state index contributed by atoms with van der Waals surface area (Å²) in [5, 5.41) is 4.60. The number of hydrogen-bond acceptors (Lipinski definition) is 6. The minimum atomic E-state index is 0.425. The van der Waals surface area contributed by atoms with E-state index >= 15 is 0 Å². The smallest absolute Gasteiger partial charge is 0.288 e. The van der Waals surface area contributed by atoms with Gasteiger partial charge in [0.1, 0.15) is 5.75 Å². The molecule has 0 aliphatic carbocycles. The first-order valence-electron chi connectivity index (χ1n) is 12.9. The van der Waals surface area contributed by atoms with Gasteiger partial charge in [-0.3, -0.25) is 4.90 Å². The summed E-state index contributed by atoms with van der Waals surface area (Å²) in [7, 11) is 1.66. The molecule has 0 spiro atoms. The van der Waals surface area contributed by atoms with Gasteiger partial charge in [-0.2, -0.15) is 0 Å². The molecule has 0 unspecified atom stereocenters. The fourth-order valence-electron chi connectivity index (χ4n) is 4.41. The first-order valence-corrected chi connectivity index (χ1v) is 13.3. The molecule has 0 N–H and O–H groups in total. The second-order valence-electron chi connectivity index (χ2n) is 9.18. The molecule has 7 heteroatoms. The average molecular weight is 475 g/mol. The Morgan fingerprint density at radius 3 is 2.03 bits per heavy atom. The predicted octanol–water partition coefficient (Wildman–Crippen LogP) is 6.38. The monoisotopic (exact) mass is 474 g/mol. The molecular formula is C26H42N4O2S. The van der Waals surface area contributed by atoms with E-state index in [0.29, 0.717) is 17.4 Å². The molecule has 1 aliphatic rings. The summed E-state index contributed by atoms with van der Waals surface area (Å²) < 4.78 is 12.8. The van der Waals surface area contributed by atoms with Crippen molar-refractivity contribution in [3.8, 4) is 17.2 Å². The molecule has 1 fully saturated rings. The van der Waals surface area contributed by atoms with Gasteiger partial charge >= 0.3 is 0 Å². The van der Waals surface area contributed by atoms with Crippen molar-refractivity contribution in [3.63, 3.8) is 0 Å². The van der Waals surface area contributed by atoms with Gasteiger partial charge < -0.3 is 14.1 Å². The molecule has 1 aliphatic heterocycles. The maximum atomic E-state index is 5.74. The first-order chi connectivity index (χ1) is 16.2. The van der Waals surface area contributed by atoms with Gasteiger partial charge in [0.15, 0.2) is 0 Å². The van der Waals surface area contributed by atoms with Crippen molar-refractivity contribution in [3.05, 3.63) is 29.1 Å². The molecule has 0 radical (unpaired) electrons. The van der Waals surface area contributed by atoms with Crippen LogP contribution in [0.25, 0.3) is 11.5 Å². The Morgan fingerprint density at radius 2 is 1.42 bits per heavy atom. The Hall–Kier alpha value is -1.70. The van der Waals surface area contributed by atoms with Gasteiger partial charge in [-0.15, -0.1) is 5.10 Å². The minimum Gasteiger partial charge on any atom is -0.497 e.